The van der Waals surface area contributed by atoms with Crippen molar-refractivity contribution < 1.29 is 14.6 Å². The molecule has 1 aromatic rings. The van der Waals surface area contributed by atoms with Gasteiger partial charge in [0.2, 0.25) is 0 Å². The Morgan fingerprint density at radius 3 is 2.35 bits per heavy atom. The van der Waals surface area contributed by atoms with E-state index in [0.29, 0.717) is 5.16 Å². The molecule has 0 saturated heterocycles. The fourth-order valence-electron chi connectivity index (χ4n) is 1.83. The summed E-state index contributed by atoms with van der Waals surface area (Å²) in [6.07, 6.45) is 0.751. The van der Waals surface area contributed by atoms with Crippen molar-refractivity contribution in [3.63, 3.8) is 0 Å². The summed E-state index contributed by atoms with van der Waals surface area (Å²) in [6.45, 7) is 10.1. The Kier molecular flexibility index (Phi) is 5.21. The normalized spacial score (nSPS) is 15.1. The number of hydrogen-bond acceptors (Lipinski definition) is 5. The molecular weight excluding hydrogens is 278 g/mol. The van der Waals surface area contributed by atoms with E-state index in [1.54, 1.807) is 7.11 Å². The number of aromatic nitrogens is 3. The van der Waals surface area contributed by atoms with Crippen LogP contribution in [0.25, 0.3) is 0 Å². The average molecular weight is 301 g/mol. The Bertz CT molecular complexity index is 476. The highest BCUT2D eigenvalue weighted by Crippen LogP contribution is 2.33. The van der Waals surface area contributed by atoms with Crippen LogP contribution < -0.4 is 0 Å². The van der Waals surface area contributed by atoms with Crippen LogP contribution in [-0.4, -0.2) is 38.7 Å². The molecule has 6 nitrogen and oxygen atoms in total. The summed E-state index contributed by atoms with van der Waals surface area (Å²) in [5.74, 6) is -0.183. The number of ether oxygens (including phenoxy) is 1. The van der Waals surface area contributed by atoms with E-state index in [1.807, 2.05) is 39.2 Å². The maximum Gasteiger partial charge on any atom is 0.313 e. The number of rotatable bonds is 6. The molecular formula is C13H23N3O3S. The molecule has 7 heteroatoms. The number of thioether (sulfide) groups is 1. The Morgan fingerprint density at radius 2 is 1.95 bits per heavy atom. The molecule has 1 rings (SSSR count). The molecule has 114 valence electrons. The minimum atomic E-state index is -0.870. The van der Waals surface area contributed by atoms with Crippen LogP contribution >= 0.6 is 11.8 Å². The van der Waals surface area contributed by atoms with E-state index in [4.69, 9.17) is 9.84 Å². The molecule has 0 amide bonds. The standard InChI is InChI=1S/C13H23N3O3S/c1-7-13(5,19-6)10-14-15-11(20-8-9(17)18)16(10)12(2,3)4/h7-8H2,1-6H3,(H,17,18). The highest BCUT2D eigenvalue weighted by molar-refractivity contribution is 7.99. The molecule has 1 heterocycles. The third-order valence-corrected chi connectivity index (χ3v) is 4.14. The molecule has 1 N–H and O–H groups in total. The van der Waals surface area contributed by atoms with E-state index in [1.165, 1.54) is 11.8 Å². The predicted octanol–water partition coefficient (Wildman–Crippen LogP) is 2.48. The molecule has 0 aliphatic carbocycles. The summed E-state index contributed by atoms with van der Waals surface area (Å²) in [7, 11) is 1.65. The first-order chi connectivity index (χ1) is 9.15. The van der Waals surface area contributed by atoms with Crippen LogP contribution in [0.15, 0.2) is 5.16 Å². The Hall–Kier alpha value is -1.08. The monoisotopic (exact) mass is 301 g/mol. The van der Waals surface area contributed by atoms with Crippen LogP contribution in [0.2, 0.25) is 0 Å². The lowest BCUT2D eigenvalue weighted by atomic mass is 10.00. The first-order valence-corrected chi connectivity index (χ1v) is 7.50. The molecule has 0 aromatic carbocycles. The van der Waals surface area contributed by atoms with Crippen molar-refractivity contribution in [2.24, 2.45) is 0 Å². The van der Waals surface area contributed by atoms with Crippen molar-refractivity contribution in [1.29, 1.82) is 0 Å². The molecule has 0 spiro atoms. The summed E-state index contributed by atoms with van der Waals surface area (Å²) in [4.78, 5) is 10.7. The van der Waals surface area contributed by atoms with Crippen LogP contribution in [0.4, 0.5) is 0 Å². The number of hydrogen-bond donors (Lipinski definition) is 1. The first kappa shape index (κ1) is 17.0. The number of carboxylic acids is 1. The van der Waals surface area contributed by atoms with Gasteiger partial charge in [0, 0.05) is 12.6 Å². The van der Waals surface area contributed by atoms with Crippen molar-refractivity contribution in [2.75, 3.05) is 12.9 Å². The van der Waals surface area contributed by atoms with E-state index in [9.17, 15) is 4.79 Å². The molecule has 0 aliphatic rings. The quantitative estimate of drug-likeness (QED) is 0.813. The smallest absolute Gasteiger partial charge is 0.313 e. The zero-order chi connectivity index (χ0) is 15.6. The molecule has 0 aliphatic heterocycles. The summed E-state index contributed by atoms with van der Waals surface area (Å²) < 4.78 is 7.56. The van der Waals surface area contributed by atoms with Gasteiger partial charge < -0.3 is 9.84 Å². The molecule has 0 saturated carbocycles. The van der Waals surface area contributed by atoms with Gasteiger partial charge in [-0.3, -0.25) is 9.36 Å². The third-order valence-electron chi connectivity index (χ3n) is 3.23. The maximum absolute atomic E-state index is 10.7. The van der Waals surface area contributed by atoms with E-state index >= 15 is 0 Å². The van der Waals surface area contributed by atoms with E-state index in [0.717, 1.165) is 12.2 Å². The van der Waals surface area contributed by atoms with Gasteiger partial charge in [-0.05, 0) is 34.1 Å². The van der Waals surface area contributed by atoms with Gasteiger partial charge in [0.1, 0.15) is 5.60 Å². The lowest BCUT2D eigenvalue weighted by Crippen LogP contribution is -2.34. The minimum absolute atomic E-state index is 0.0377. The molecule has 0 fully saturated rings. The number of carbonyl (C=O) groups is 1. The first-order valence-electron chi connectivity index (χ1n) is 6.52. The molecule has 0 radical (unpaired) electrons. The van der Waals surface area contributed by atoms with Gasteiger partial charge >= 0.3 is 5.97 Å². The SMILES string of the molecule is CCC(C)(OC)c1nnc(SCC(=O)O)n1C(C)(C)C. The summed E-state index contributed by atoms with van der Waals surface area (Å²) in [5.41, 5.74) is -0.795. The fourth-order valence-corrected chi connectivity index (χ4v) is 2.67. The van der Waals surface area contributed by atoms with Gasteiger partial charge in [0.25, 0.3) is 0 Å². The van der Waals surface area contributed by atoms with Gasteiger partial charge in [-0.25, -0.2) is 0 Å². The average Bonchev–Trinajstić information content (AvgIpc) is 2.79. The second kappa shape index (κ2) is 6.13. The predicted molar refractivity (Wildman–Crippen MR) is 78.0 cm³/mol. The Morgan fingerprint density at radius 1 is 1.35 bits per heavy atom. The zero-order valence-corrected chi connectivity index (χ0v) is 13.7. The van der Waals surface area contributed by atoms with Crippen molar-refractivity contribution in [3.05, 3.63) is 5.82 Å². The van der Waals surface area contributed by atoms with E-state index < -0.39 is 11.6 Å². The highest BCUT2D eigenvalue weighted by atomic mass is 32.2. The van der Waals surface area contributed by atoms with Crippen LogP contribution in [0, 0.1) is 0 Å². The van der Waals surface area contributed by atoms with Crippen LogP contribution in [0.5, 0.6) is 0 Å². The largest absolute Gasteiger partial charge is 0.481 e. The number of aliphatic carboxylic acids is 1. The van der Waals surface area contributed by atoms with Crippen LogP contribution in [-0.2, 0) is 20.7 Å². The Labute approximate surface area is 123 Å². The fraction of sp³-hybridized carbons (Fsp3) is 0.769. The van der Waals surface area contributed by atoms with Crippen LogP contribution in [0.1, 0.15) is 46.9 Å². The summed E-state index contributed by atoms with van der Waals surface area (Å²) in [6, 6.07) is 0. The molecule has 20 heavy (non-hydrogen) atoms. The van der Waals surface area contributed by atoms with Crippen molar-refractivity contribution in [1.82, 2.24) is 14.8 Å². The zero-order valence-electron chi connectivity index (χ0n) is 12.9. The van der Waals surface area contributed by atoms with Crippen molar-refractivity contribution in [3.8, 4) is 0 Å². The van der Waals surface area contributed by atoms with Gasteiger partial charge in [-0.2, -0.15) is 0 Å². The Balaban J connectivity index is 3.30. The van der Waals surface area contributed by atoms with E-state index in [2.05, 4.69) is 10.2 Å². The van der Waals surface area contributed by atoms with Gasteiger partial charge in [-0.1, -0.05) is 18.7 Å². The topological polar surface area (TPSA) is 77.2 Å². The molecule has 1 unspecified atom stereocenters. The number of carboxylic acid groups (broad SMARTS) is 1. The molecule has 1 aromatic heterocycles. The molecule has 0 bridgehead atoms. The second-order valence-corrected chi connectivity index (χ2v) is 6.73. The second-order valence-electron chi connectivity index (χ2n) is 5.78. The number of methoxy groups -OCH3 is 1. The van der Waals surface area contributed by atoms with Gasteiger partial charge in [0.15, 0.2) is 11.0 Å². The minimum Gasteiger partial charge on any atom is -0.481 e. The highest BCUT2D eigenvalue weighted by Gasteiger charge is 2.35. The van der Waals surface area contributed by atoms with Crippen molar-refractivity contribution >= 4 is 17.7 Å². The van der Waals surface area contributed by atoms with Crippen LogP contribution in [0.3, 0.4) is 0 Å². The maximum atomic E-state index is 10.7. The van der Waals surface area contributed by atoms with Gasteiger partial charge in [-0.15, -0.1) is 10.2 Å². The van der Waals surface area contributed by atoms with Gasteiger partial charge in [0.05, 0.1) is 5.75 Å². The van der Waals surface area contributed by atoms with E-state index in [-0.39, 0.29) is 11.3 Å². The molecule has 1 atom stereocenters. The summed E-state index contributed by atoms with van der Waals surface area (Å²) >= 11 is 1.17. The van der Waals surface area contributed by atoms with Crippen molar-refractivity contribution in [2.45, 2.75) is 57.3 Å². The summed E-state index contributed by atoms with van der Waals surface area (Å²) in [5, 5.41) is 17.8. The lowest BCUT2D eigenvalue weighted by Gasteiger charge is -2.32. The third kappa shape index (κ3) is 3.52. The lowest BCUT2D eigenvalue weighted by molar-refractivity contribution is -0.133. The number of nitrogens with zero attached hydrogens (tertiary/aromatic N) is 3.